The van der Waals surface area contributed by atoms with Crippen LogP contribution in [0.3, 0.4) is 0 Å². The molecule has 0 heterocycles. The Bertz CT molecular complexity index is 273. The molecule has 0 atom stereocenters. The standard InChI is InChI=1S/C13H17Br/c14-11-13(9-5-2-6-10-13)12-7-3-1-4-8-12/h1,3-4,7-8H,2,5-6,9-11H2. The molecule has 0 nitrogen and oxygen atoms in total. The quantitative estimate of drug-likeness (QED) is 0.690. The first-order valence-electron chi connectivity index (χ1n) is 5.49. The van der Waals surface area contributed by atoms with E-state index in [-0.39, 0.29) is 0 Å². The maximum atomic E-state index is 3.70. The summed E-state index contributed by atoms with van der Waals surface area (Å²) in [5, 5.41) is 1.12. The third-order valence-corrected chi connectivity index (χ3v) is 4.53. The first-order valence-corrected chi connectivity index (χ1v) is 6.61. The van der Waals surface area contributed by atoms with E-state index < -0.39 is 0 Å². The average molecular weight is 253 g/mol. The molecule has 0 bridgehead atoms. The lowest BCUT2D eigenvalue weighted by atomic mass is 9.71. The van der Waals surface area contributed by atoms with E-state index in [4.69, 9.17) is 0 Å². The predicted molar refractivity (Wildman–Crippen MR) is 65.0 cm³/mol. The average Bonchev–Trinajstić information content (AvgIpc) is 2.31. The second-order valence-corrected chi connectivity index (χ2v) is 4.90. The van der Waals surface area contributed by atoms with Crippen LogP contribution in [0.1, 0.15) is 37.7 Å². The SMILES string of the molecule is BrCC1(c2ccccc2)CCCCC1. The first-order chi connectivity index (χ1) is 6.87. The van der Waals surface area contributed by atoms with E-state index in [0.717, 1.165) is 5.33 Å². The summed E-state index contributed by atoms with van der Waals surface area (Å²) < 4.78 is 0. The molecule has 1 aliphatic rings. The zero-order valence-corrected chi connectivity index (χ0v) is 10.1. The molecule has 0 aliphatic heterocycles. The Labute approximate surface area is 94.8 Å². The van der Waals surface area contributed by atoms with Gasteiger partial charge in [0, 0.05) is 10.7 Å². The van der Waals surface area contributed by atoms with Gasteiger partial charge in [-0.25, -0.2) is 0 Å². The molecule has 76 valence electrons. The summed E-state index contributed by atoms with van der Waals surface area (Å²) in [6, 6.07) is 11.0. The summed E-state index contributed by atoms with van der Waals surface area (Å²) in [6.07, 6.45) is 6.90. The summed E-state index contributed by atoms with van der Waals surface area (Å²) in [5.41, 5.74) is 1.95. The fraction of sp³-hybridized carbons (Fsp3) is 0.538. The highest BCUT2D eigenvalue weighted by atomic mass is 79.9. The molecule has 0 amide bonds. The van der Waals surface area contributed by atoms with Gasteiger partial charge in [-0.2, -0.15) is 0 Å². The highest BCUT2D eigenvalue weighted by molar-refractivity contribution is 9.09. The zero-order valence-electron chi connectivity index (χ0n) is 8.51. The minimum absolute atomic E-state index is 0.430. The van der Waals surface area contributed by atoms with Crippen LogP contribution in [0, 0.1) is 0 Å². The molecule has 0 radical (unpaired) electrons. The van der Waals surface area contributed by atoms with Gasteiger partial charge >= 0.3 is 0 Å². The molecular weight excluding hydrogens is 236 g/mol. The van der Waals surface area contributed by atoms with Crippen LogP contribution in [0.25, 0.3) is 0 Å². The van der Waals surface area contributed by atoms with Crippen LogP contribution in [-0.2, 0) is 5.41 Å². The lowest BCUT2D eigenvalue weighted by Gasteiger charge is -2.36. The van der Waals surface area contributed by atoms with Crippen molar-refractivity contribution in [2.24, 2.45) is 0 Å². The van der Waals surface area contributed by atoms with Crippen molar-refractivity contribution in [3.05, 3.63) is 35.9 Å². The minimum Gasteiger partial charge on any atom is -0.0918 e. The maximum Gasteiger partial charge on any atom is 0.0129 e. The normalized spacial score (nSPS) is 20.6. The zero-order chi connectivity index (χ0) is 9.86. The Hall–Kier alpha value is -0.300. The topological polar surface area (TPSA) is 0 Å². The van der Waals surface area contributed by atoms with Crippen molar-refractivity contribution in [3.63, 3.8) is 0 Å². The van der Waals surface area contributed by atoms with Crippen LogP contribution in [0.5, 0.6) is 0 Å². The lowest BCUT2D eigenvalue weighted by molar-refractivity contribution is 0.327. The van der Waals surface area contributed by atoms with Crippen molar-refractivity contribution in [2.75, 3.05) is 5.33 Å². The first kappa shape index (κ1) is 10.2. The van der Waals surface area contributed by atoms with Gasteiger partial charge in [0.15, 0.2) is 0 Å². The summed E-state index contributed by atoms with van der Waals surface area (Å²) in [7, 11) is 0. The van der Waals surface area contributed by atoms with Gasteiger partial charge in [0.05, 0.1) is 0 Å². The Kier molecular flexibility index (Phi) is 3.27. The van der Waals surface area contributed by atoms with Crippen LogP contribution >= 0.6 is 15.9 Å². The third kappa shape index (κ3) is 1.88. The molecule has 1 aliphatic carbocycles. The molecule has 0 saturated heterocycles. The molecular formula is C13H17Br. The number of benzene rings is 1. The molecule has 1 saturated carbocycles. The van der Waals surface area contributed by atoms with Crippen LogP contribution in [0.15, 0.2) is 30.3 Å². The molecule has 1 aromatic rings. The molecule has 0 unspecified atom stereocenters. The van der Waals surface area contributed by atoms with Crippen LogP contribution in [-0.4, -0.2) is 5.33 Å². The molecule has 0 aromatic heterocycles. The Morgan fingerprint density at radius 1 is 1.00 bits per heavy atom. The van der Waals surface area contributed by atoms with Crippen LogP contribution < -0.4 is 0 Å². The molecule has 1 fully saturated rings. The Morgan fingerprint density at radius 2 is 1.64 bits per heavy atom. The number of hydrogen-bond acceptors (Lipinski definition) is 0. The van der Waals surface area contributed by atoms with E-state index in [2.05, 4.69) is 46.3 Å². The van der Waals surface area contributed by atoms with E-state index in [1.54, 1.807) is 0 Å². The highest BCUT2D eigenvalue weighted by Crippen LogP contribution is 2.40. The summed E-state index contributed by atoms with van der Waals surface area (Å²) in [6.45, 7) is 0. The summed E-state index contributed by atoms with van der Waals surface area (Å²) in [4.78, 5) is 0. The number of hydrogen-bond donors (Lipinski definition) is 0. The lowest BCUT2D eigenvalue weighted by Crippen LogP contribution is -2.30. The highest BCUT2D eigenvalue weighted by Gasteiger charge is 2.32. The Morgan fingerprint density at radius 3 is 2.21 bits per heavy atom. The smallest absolute Gasteiger partial charge is 0.0129 e. The number of halogens is 1. The molecule has 1 heteroatoms. The van der Waals surface area contributed by atoms with E-state index >= 15 is 0 Å². The van der Waals surface area contributed by atoms with Gasteiger partial charge in [0.2, 0.25) is 0 Å². The molecule has 0 spiro atoms. The van der Waals surface area contributed by atoms with Gasteiger partial charge in [-0.15, -0.1) is 0 Å². The molecule has 14 heavy (non-hydrogen) atoms. The van der Waals surface area contributed by atoms with Gasteiger partial charge in [-0.05, 0) is 18.4 Å². The van der Waals surface area contributed by atoms with Crippen LogP contribution in [0.4, 0.5) is 0 Å². The van der Waals surface area contributed by atoms with E-state index in [0.29, 0.717) is 5.41 Å². The molecule has 0 N–H and O–H groups in total. The van der Waals surface area contributed by atoms with Crippen molar-refractivity contribution in [1.29, 1.82) is 0 Å². The van der Waals surface area contributed by atoms with Crippen molar-refractivity contribution in [1.82, 2.24) is 0 Å². The second-order valence-electron chi connectivity index (χ2n) is 4.34. The van der Waals surface area contributed by atoms with Crippen LogP contribution in [0.2, 0.25) is 0 Å². The summed E-state index contributed by atoms with van der Waals surface area (Å²) in [5.74, 6) is 0. The fourth-order valence-electron chi connectivity index (χ4n) is 2.52. The van der Waals surface area contributed by atoms with Gasteiger partial charge < -0.3 is 0 Å². The van der Waals surface area contributed by atoms with E-state index in [1.807, 2.05) is 0 Å². The monoisotopic (exact) mass is 252 g/mol. The molecule has 2 rings (SSSR count). The van der Waals surface area contributed by atoms with E-state index in [9.17, 15) is 0 Å². The predicted octanol–water partition coefficient (Wildman–Crippen LogP) is 4.28. The van der Waals surface area contributed by atoms with Crippen molar-refractivity contribution >= 4 is 15.9 Å². The fourth-order valence-corrected chi connectivity index (χ4v) is 3.40. The van der Waals surface area contributed by atoms with Gasteiger partial charge in [-0.1, -0.05) is 65.5 Å². The maximum absolute atomic E-state index is 3.70. The minimum atomic E-state index is 0.430. The largest absolute Gasteiger partial charge is 0.0918 e. The second kappa shape index (κ2) is 4.48. The van der Waals surface area contributed by atoms with Crippen molar-refractivity contribution in [3.8, 4) is 0 Å². The number of alkyl halides is 1. The number of rotatable bonds is 2. The van der Waals surface area contributed by atoms with Gasteiger partial charge in [0.25, 0.3) is 0 Å². The third-order valence-electron chi connectivity index (χ3n) is 3.45. The summed E-state index contributed by atoms with van der Waals surface area (Å²) >= 11 is 3.70. The van der Waals surface area contributed by atoms with E-state index in [1.165, 1.54) is 37.7 Å². The van der Waals surface area contributed by atoms with Crippen molar-refractivity contribution < 1.29 is 0 Å². The van der Waals surface area contributed by atoms with Gasteiger partial charge in [-0.3, -0.25) is 0 Å². The van der Waals surface area contributed by atoms with Crippen molar-refractivity contribution in [2.45, 2.75) is 37.5 Å². The molecule has 1 aromatic carbocycles. The van der Waals surface area contributed by atoms with Gasteiger partial charge in [0.1, 0.15) is 0 Å². The Balaban J connectivity index is 2.27.